The van der Waals surface area contributed by atoms with Gasteiger partial charge in [-0.05, 0) is 44.7 Å². The predicted octanol–water partition coefficient (Wildman–Crippen LogP) is 2.84. The van der Waals surface area contributed by atoms with Crippen LogP contribution in [0.3, 0.4) is 0 Å². The van der Waals surface area contributed by atoms with Gasteiger partial charge < -0.3 is 5.32 Å². The van der Waals surface area contributed by atoms with Crippen LogP contribution in [0.15, 0.2) is 29.2 Å². The van der Waals surface area contributed by atoms with E-state index in [0.29, 0.717) is 11.4 Å². The lowest BCUT2D eigenvalue weighted by atomic mass is 9.93. The fourth-order valence-electron chi connectivity index (χ4n) is 3.80. The van der Waals surface area contributed by atoms with E-state index in [9.17, 15) is 13.2 Å². The van der Waals surface area contributed by atoms with E-state index in [1.807, 2.05) is 19.1 Å². The molecule has 0 unspecified atom stereocenters. The first kappa shape index (κ1) is 18.4. The Balaban J connectivity index is 1.65. The molecule has 1 N–H and O–H groups in total. The Morgan fingerprint density at radius 3 is 2.40 bits per heavy atom. The molecule has 1 aromatic carbocycles. The molecule has 25 heavy (non-hydrogen) atoms. The number of piperidine rings is 1. The summed E-state index contributed by atoms with van der Waals surface area (Å²) in [7, 11) is -3.52. The number of sulfonamides is 1. The normalized spacial score (nSPS) is 23.3. The summed E-state index contributed by atoms with van der Waals surface area (Å²) in [5, 5.41) is 3.15. The molecule has 1 saturated heterocycles. The molecule has 1 heterocycles. The van der Waals surface area contributed by atoms with Gasteiger partial charge >= 0.3 is 0 Å². The Labute approximate surface area is 150 Å². The molecule has 1 saturated carbocycles. The minimum atomic E-state index is -3.52. The summed E-state index contributed by atoms with van der Waals surface area (Å²) in [5.41, 5.74) is 1.03. The van der Waals surface area contributed by atoms with Gasteiger partial charge in [0, 0.05) is 19.1 Å². The van der Waals surface area contributed by atoms with Gasteiger partial charge in [-0.25, -0.2) is 8.42 Å². The van der Waals surface area contributed by atoms with E-state index in [-0.39, 0.29) is 24.4 Å². The minimum Gasteiger partial charge on any atom is -0.353 e. The fourth-order valence-corrected chi connectivity index (χ4v) is 5.32. The van der Waals surface area contributed by atoms with Crippen LogP contribution in [-0.2, 0) is 14.8 Å². The fraction of sp³-hybridized carbons (Fsp3) is 0.632. The Morgan fingerprint density at radius 1 is 1.04 bits per heavy atom. The molecular weight excluding hydrogens is 336 g/mol. The van der Waals surface area contributed by atoms with Gasteiger partial charge in [-0.15, -0.1) is 0 Å². The molecule has 0 spiro atoms. The zero-order chi connectivity index (χ0) is 17.9. The zero-order valence-electron chi connectivity index (χ0n) is 14.9. The lowest BCUT2D eigenvalue weighted by Gasteiger charge is -2.32. The first-order valence-corrected chi connectivity index (χ1v) is 10.8. The molecule has 2 aliphatic rings. The third-order valence-electron chi connectivity index (χ3n) is 5.37. The molecule has 1 aliphatic heterocycles. The second-order valence-corrected chi connectivity index (χ2v) is 9.30. The Bertz CT molecular complexity index is 694. The van der Waals surface area contributed by atoms with Crippen molar-refractivity contribution in [3.63, 3.8) is 0 Å². The number of carbonyl (C=O) groups is 1. The van der Waals surface area contributed by atoms with Gasteiger partial charge in [-0.1, -0.05) is 37.0 Å². The molecule has 0 radical (unpaired) electrons. The lowest BCUT2D eigenvalue weighted by molar-refractivity contribution is -0.127. The van der Waals surface area contributed by atoms with E-state index in [2.05, 4.69) is 5.32 Å². The first-order chi connectivity index (χ1) is 12.0. The molecule has 1 amide bonds. The van der Waals surface area contributed by atoms with Gasteiger partial charge in [-0.3, -0.25) is 4.79 Å². The average Bonchev–Trinajstić information content (AvgIpc) is 2.63. The smallest absolute Gasteiger partial charge is 0.243 e. The SMILES string of the molecule is Cc1ccc(S(=O)(=O)N2CCC[C@H](C(=O)NC3CCCCC3)C2)cc1. The summed E-state index contributed by atoms with van der Waals surface area (Å²) < 4.78 is 27.2. The van der Waals surface area contributed by atoms with Crippen LogP contribution in [0.1, 0.15) is 50.5 Å². The van der Waals surface area contributed by atoms with Crippen molar-refractivity contribution >= 4 is 15.9 Å². The maximum Gasteiger partial charge on any atom is 0.243 e. The molecule has 5 nitrogen and oxygen atoms in total. The van der Waals surface area contributed by atoms with E-state index in [1.165, 1.54) is 23.6 Å². The Morgan fingerprint density at radius 2 is 1.72 bits per heavy atom. The van der Waals surface area contributed by atoms with Crippen molar-refractivity contribution in [3.05, 3.63) is 29.8 Å². The molecule has 3 rings (SSSR count). The summed E-state index contributed by atoms with van der Waals surface area (Å²) in [5.74, 6) is -0.216. The van der Waals surface area contributed by atoms with Crippen LogP contribution in [0.5, 0.6) is 0 Å². The largest absolute Gasteiger partial charge is 0.353 e. The van der Waals surface area contributed by atoms with Gasteiger partial charge in [0.2, 0.25) is 15.9 Å². The van der Waals surface area contributed by atoms with E-state index in [1.54, 1.807) is 12.1 Å². The molecule has 0 aromatic heterocycles. The quantitative estimate of drug-likeness (QED) is 0.893. The van der Waals surface area contributed by atoms with Gasteiger partial charge in [0.15, 0.2) is 0 Å². The van der Waals surface area contributed by atoms with Gasteiger partial charge in [0.05, 0.1) is 10.8 Å². The second-order valence-electron chi connectivity index (χ2n) is 7.36. The number of hydrogen-bond donors (Lipinski definition) is 1. The van der Waals surface area contributed by atoms with Crippen molar-refractivity contribution in [2.45, 2.75) is 62.8 Å². The number of hydrogen-bond acceptors (Lipinski definition) is 3. The van der Waals surface area contributed by atoms with Crippen molar-refractivity contribution in [2.24, 2.45) is 5.92 Å². The molecule has 1 aliphatic carbocycles. The van der Waals surface area contributed by atoms with Crippen LogP contribution < -0.4 is 5.32 Å². The standard InChI is InChI=1S/C19H28N2O3S/c1-15-9-11-18(12-10-15)25(23,24)21-13-5-6-16(14-21)19(22)20-17-7-3-2-4-8-17/h9-12,16-17H,2-8,13-14H2,1H3,(H,20,22)/t16-/m0/s1. The Kier molecular flexibility index (Phi) is 5.79. The summed E-state index contributed by atoms with van der Waals surface area (Å²) in [6, 6.07) is 7.19. The maximum atomic E-state index is 12.9. The van der Waals surface area contributed by atoms with Crippen LogP contribution >= 0.6 is 0 Å². The summed E-state index contributed by atoms with van der Waals surface area (Å²) in [4.78, 5) is 12.9. The number of carbonyl (C=O) groups excluding carboxylic acids is 1. The number of nitrogens with zero attached hydrogens (tertiary/aromatic N) is 1. The Hall–Kier alpha value is -1.40. The molecule has 1 atom stereocenters. The summed E-state index contributed by atoms with van der Waals surface area (Å²) >= 11 is 0. The van der Waals surface area contributed by atoms with Crippen molar-refractivity contribution in [2.75, 3.05) is 13.1 Å². The van der Waals surface area contributed by atoms with Crippen LogP contribution in [0.2, 0.25) is 0 Å². The molecule has 6 heteroatoms. The van der Waals surface area contributed by atoms with Crippen molar-refractivity contribution in [3.8, 4) is 0 Å². The van der Waals surface area contributed by atoms with Crippen LogP contribution in [0, 0.1) is 12.8 Å². The van der Waals surface area contributed by atoms with Gasteiger partial charge in [0.25, 0.3) is 0 Å². The number of aryl methyl sites for hydroxylation is 1. The van der Waals surface area contributed by atoms with Crippen molar-refractivity contribution in [1.82, 2.24) is 9.62 Å². The average molecular weight is 365 g/mol. The van der Waals surface area contributed by atoms with E-state index < -0.39 is 10.0 Å². The highest BCUT2D eigenvalue weighted by molar-refractivity contribution is 7.89. The number of benzene rings is 1. The molecule has 2 fully saturated rings. The van der Waals surface area contributed by atoms with Crippen molar-refractivity contribution < 1.29 is 13.2 Å². The number of nitrogens with one attached hydrogen (secondary N) is 1. The highest BCUT2D eigenvalue weighted by Crippen LogP contribution is 2.25. The number of amides is 1. The molecule has 138 valence electrons. The first-order valence-electron chi connectivity index (χ1n) is 9.34. The minimum absolute atomic E-state index is 0.0238. The zero-order valence-corrected chi connectivity index (χ0v) is 15.7. The van der Waals surface area contributed by atoms with Crippen LogP contribution in [0.4, 0.5) is 0 Å². The third kappa shape index (κ3) is 4.42. The monoisotopic (exact) mass is 364 g/mol. The van der Waals surface area contributed by atoms with E-state index in [4.69, 9.17) is 0 Å². The summed E-state index contributed by atoms with van der Waals surface area (Å²) in [6.07, 6.45) is 7.17. The third-order valence-corrected chi connectivity index (χ3v) is 7.24. The molecule has 0 bridgehead atoms. The summed E-state index contributed by atoms with van der Waals surface area (Å²) in [6.45, 7) is 2.71. The van der Waals surface area contributed by atoms with Crippen LogP contribution in [-0.4, -0.2) is 37.8 Å². The van der Waals surface area contributed by atoms with E-state index >= 15 is 0 Å². The maximum absolute atomic E-state index is 12.9. The van der Waals surface area contributed by atoms with Crippen LogP contribution in [0.25, 0.3) is 0 Å². The van der Waals surface area contributed by atoms with E-state index in [0.717, 1.165) is 31.2 Å². The highest BCUT2D eigenvalue weighted by atomic mass is 32.2. The molecular formula is C19H28N2O3S. The lowest BCUT2D eigenvalue weighted by Crippen LogP contribution is -2.47. The predicted molar refractivity (Wildman–Crippen MR) is 97.7 cm³/mol. The van der Waals surface area contributed by atoms with Gasteiger partial charge in [0.1, 0.15) is 0 Å². The molecule has 1 aromatic rings. The topological polar surface area (TPSA) is 66.5 Å². The van der Waals surface area contributed by atoms with Crippen molar-refractivity contribution in [1.29, 1.82) is 0 Å². The van der Waals surface area contributed by atoms with Gasteiger partial charge in [-0.2, -0.15) is 4.31 Å². The highest BCUT2D eigenvalue weighted by Gasteiger charge is 2.33. The second kappa shape index (κ2) is 7.87. The number of rotatable bonds is 4.